The van der Waals surface area contributed by atoms with Gasteiger partial charge in [0.2, 0.25) is 0 Å². The Kier molecular flexibility index (Phi) is 4.59. The van der Waals surface area contributed by atoms with Gasteiger partial charge < -0.3 is 15.3 Å². The third kappa shape index (κ3) is 3.69. The van der Waals surface area contributed by atoms with Crippen LogP contribution in [0.25, 0.3) is 0 Å². The number of carbonyl (C=O) groups is 2. The summed E-state index contributed by atoms with van der Waals surface area (Å²) < 4.78 is 26.1. The van der Waals surface area contributed by atoms with Gasteiger partial charge in [0.1, 0.15) is 0 Å². The molecule has 0 radical (unpaired) electrons. The quantitative estimate of drug-likeness (QED) is 0.866. The SMILES string of the molecule is CN(CCC(=O)O)C(=O)Nc1cccc(F)c1F. The van der Waals surface area contributed by atoms with Gasteiger partial charge in [0.05, 0.1) is 12.1 Å². The van der Waals surface area contributed by atoms with Crippen molar-refractivity contribution in [3.8, 4) is 0 Å². The second-order valence-electron chi connectivity index (χ2n) is 3.60. The third-order valence-corrected chi connectivity index (χ3v) is 2.20. The topological polar surface area (TPSA) is 69.6 Å². The van der Waals surface area contributed by atoms with E-state index in [4.69, 9.17) is 5.11 Å². The highest BCUT2D eigenvalue weighted by atomic mass is 19.2. The number of hydrogen-bond donors (Lipinski definition) is 2. The van der Waals surface area contributed by atoms with Gasteiger partial charge in [0.25, 0.3) is 0 Å². The fourth-order valence-electron chi connectivity index (χ4n) is 1.18. The number of amides is 2. The molecule has 2 N–H and O–H groups in total. The Morgan fingerprint density at radius 1 is 1.39 bits per heavy atom. The van der Waals surface area contributed by atoms with Crippen molar-refractivity contribution in [1.29, 1.82) is 0 Å². The van der Waals surface area contributed by atoms with Crippen molar-refractivity contribution in [3.05, 3.63) is 29.8 Å². The molecule has 0 aliphatic carbocycles. The molecule has 0 heterocycles. The summed E-state index contributed by atoms with van der Waals surface area (Å²) in [4.78, 5) is 22.9. The fourth-order valence-corrected chi connectivity index (χ4v) is 1.18. The zero-order valence-corrected chi connectivity index (χ0v) is 9.61. The molecule has 0 aliphatic heterocycles. The number of halogens is 2. The molecule has 1 aromatic carbocycles. The van der Waals surface area contributed by atoms with Crippen LogP contribution in [0.4, 0.5) is 19.3 Å². The molecule has 0 saturated carbocycles. The van der Waals surface area contributed by atoms with Crippen molar-refractivity contribution in [2.45, 2.75) is 6.42 Å². The first-order valence-corrected chi connectivity index (χ1v) is 5.09. The van der Waals surface area contributed by atoms with E-state index >= 15 is 0 Å². The molecule has 5 nitrogen and oxygen atoms in total. The maximum atomic E-state index is 13.2. The molecule has 98 valence electrons. The third-order valence-electron chi connectivity index (χ3n) is 2.20. The van der Waals surface area contributed by atoms with Crippen LogP contribution in [0.15, 0.2) is 18.2 Å². The van der Waals surface area contributed by atoms with E-state index < -0.39 is 23.6 Å². The first-order valence-electron chi connectivity index (χ1n) is 5.09. The number of nitrogens with zero attached hydrogens (tertiary/aromatic N) is 1. The molecular weight excluding hydrogens is 246 g/mol. The normalized spacial score (nSPS) is 9.94. The second-order valence-corrected chi connectivity index (χ2v) is 3.60. The summed E-state index contributed by atoms with van der Waals surface area (Å²) in [5, 5.41) is 10.6. The standard InChI is InChI=1S/C11H12F2N2O3/c1-15(6-5-9(16)17)11(18)14-8-4-2-3-7(12)10(8)13/h2-4H,5-6H2,1H3,(H,14,18)(H,16,17). The molecule has 0 atom stereocenters. The molecule has 0 bridgehead atoms. The van der Waals surface area contributed by atoms with Gasteiger partial charge in [0, 0.05) is 13.6 Å². The van der Waals surface area contributed by atoms with Crippen molar-refractivity contribution in [1.82, 2.24) is 4.90 Å². The Morgan fingerprint density at radius 3 is 2.67 bits per heavy atom. The summed E-state index contributed by atoms with van der Waals surface area (Å²) in [6.45, 7) is -0.0297. The number of benzene rings is 1. The Morgan fingerprint density at radius 2 is 2.06 bits per heavy atom. The van der Waals surface area contributed by atoms with Crippen LogP contribution in [0.5, 0.6) is 0 Å². The first kappa shape index (κ1) is 13.9. The number of hydrogen-bond acceptors (Lipinski definition) is 2. The zero-order chi connectivity index (χ0) is 13.7. The minimum atomic E-state index is -1.16. The molecule has 0 fully saturated rings. The van der Waals surface area contributed by atoms with E-state index in [1.165, 1.54) is 19.2 Å². The average molecular weight is 258 g/mol. The molecule has 18 heavy (non-hydrogen) atoms. The van der Waals surface area contributed by atoms with Gasteiger partial charge >= 0.3 is 12.0 Å². The van der Waals surface area contributed by atoms with Gasteiger partial charge in [-0.05, 0) is 12.1 Å². The Balaban J connectivity index is 2.64. The number of carboxylic acids is 1. The van der Waals surface area contributed by atoms with Gasteiger partial charge in [-0.3, -0.25) is 4.79 Å². The van der Waals surface area contributed by atoms with Crippen molar-refractivity contribution >= 4 is 17.7 Å². The lowest BCUT2D eigenvalue weighted by Crippen LogP contribution is -2.33. The molecule has 1 rings (SSSR count). The Hall–Kier alpha value is -2.18. The largest absolute Gasteiger partial charge is 0.481 e. The highest BCUT2D eigenvalue weighted by molar-refractivity contribution is 5.89. The summed E-state index contributed by atoms with van der Waals surface area (Å²) in [7, 11) is 1.36. The maximum Gasteiger partial charge on any atom is 0.321 e. The maximum absolute atomic E-state index is 13.2. The number of urea groups is 1. The van der Waals surface area contributed by atoms with Crippen molar-refractivity contribution in [3.63, 3.8) is 0 Å². The molecule has 0 aromatic heterocycles. The highest BCUT2D eigenvalue weighted by Crippen LogP contribution is 2.16. The lowest BCUT2D eigenvalue weighted by molar-refractivity contribution is -0.137. The lowest BCUT2D eigenvalue weighted by Gasteiger charge is -2.17. The minimum absolute atomic E-state index is 0.0297. The monoisotopic (exact) mass is 258 g/mol. The number of rotatable bonds is 4. The van der Waals surface area contributed by atoms with Gasteiger partial charge in [-0.1, -0.05) is 6.07 Å². The molecular formula is C11H12F2N2O3. The van der Waals surface area contributed by atoms with E-state index in [-0.39, 0.29) is 18.7 Å². The van der Waals surface area contributed by atoms with E-state index in [0.29, 0.717) is 0 Å². The highest BCUT2D eigenvalue weighted by Gasteiger charge is 2.14. The van der Waals surface area contributed by atoms with Crippen LogP contribution in [0.3, 0.4) is 0 Å². The van der Waals surface area contributed by atoms with Crippen LogP contribution in [0, 0.1) is 11.6 Å². The van der Waals surface area contributed by atoms with Gasteiger partial charge in [-0.25, -0.2) is 13.6 Å². The minimum Gasteiger partial charge on any atom is -0.481 e. The first-order chi connectivity index (χ1) is 8.41. The number of carbonyl (C=O) groups excluding carboxylic acids is 1. The molecule has 0 aliphatic rings. The molecule has 0 spiro atoms. The van der Waals surface area contributed by atoms with Crippen LogP contribution in [0.2, 0.25) is 0 Å². The van der Waals surface area contributed by atoms with E-state index in [9.17, 15) is 18.4 Å². The molecule has 0 unspecified atom stereocenters. The van der Waals surface area contributed by atoms with Crippen LogP contribution < -0.4 is 5.32 Å². The number of nitrogens with one attached hydrogen (secondary N) is 1. The summed E-state index contributed by atoms with van der Waals surface area (Å²) in [5.74, 6) is -3.27. The van der Waals surface area contributed by atoms with E-state index in [0.717, 1.165) is 11.0 Å². The Labute approximate surface area is 102 Å². The van der Waals surface area contributed by atoms with E-state index in [1.807, 2.05) is 0 Å². The molecule has 2 amide bonds. The van der Waals surface area contributed by atoms with E-state index in [1.54, 1.807) is 0 Å². The van der Waals surface area contributed by atoms with Crippen molar-refractivity contribution in [2.24, 2.45) is 0 Å². The van der Waals surface area contributed by atoms with Crippen LogP contribution in [0.1, 0.15) is 6.42 Å². The lowest BCUT2D eigenvalue weighted by atomic mass is 10.3. The van der Waals surface area contributed by atoms with Gasteiger partial charge in [-0.2, -0.15) is 0 Å². The van der Waals surface area contributed by atoms with Crippen molar-refractivity contribution < 1.29 is 23.5 Å². The van der Waals surface area contributed by atoms with Crippen LogP contribution >= 0.6 is 0 Å². The predicted molar refractivity (Wildman–Crippen MR) is 60.3 cm³/mol. The van der Waals surface area contributed by atoms with Gasteiger partial charge in [0.15, 0.2) is 11.6 Å². The predicted octanol–water partition coefficient (Wildman–Crippen LogP) is 1.90. The van der Waals surface area contributed by atoms with Gasteiger partial charge in [-0.15, -0.1) is 0 Å². The molecule has 7 heteroatoms. The summed E-state index contributed by atoms with van der Waals surface area (Å²) >= 11 is 0. The summed E-state index contributed by atoms with van der Waals surface area (Å²) in [6, 6.07) is 2.69. The second kappa shape index (κ2) is 5.95. The summed E-state index contributed by atoms with van der Waals surface area (Å²) in [6.07, 6.45) is -0.227. The smallest absolute Gasteiger partial charge is 0.321 e. The zero-order valence-electron chi connectivity index (χ0n) is 9.61. The number of aliphatic carboxylic acids is 1. The number of anilines is 1. The van der Waals surface area contributed by atoms with Crippen LogP contribution in [-0.2, 0) is 4.79 Å². The molecule has 0 saturated heterocycles. The molecule has 1 aromatic rings. The Bertz CT molecular complexity index is 466. The number of carboxylic acid groups (broad SMARTS) is 1. The average Bonchev–Trinajstić information content (AvgIpc) is 2.31. The van der Waals surface area contributed by atoms with E-state index in [2.05, 4.69) is 5.32 Å². The fraction of sp³-hybridized carbons (Fsp3) is 0.273. The van der Waals surface area contributed by atoms with Crippen molar-refractivity contribution in [2.75, 3.05) is 18.9 Å². The summed E-state index contributed by atoms with van der Waals surface area (Å²) in [5.41, 5.74) is -0.290. The van der Waals surface area contributed by atoms with Crippen LogP contribution in [-0.4, -0.2) is 35.6 Å².